The number of amides is 2. The number of carbonyl (C=O) groups excluding carboxylic acids is 3. The number of hydrogen-bond donors (Lipinski definition) is 0. The standard InChI is InChI=1S/C27H32N4O6S/c1-6-14-37-26(34)23-17(2)28-27-31(24(23)20-8-7-9-21(35-4)25(20)36-5)19(16-38-27)15-22(33)30-12-10-29(11-13-30)18(3)32/h6-9,16,24H,1,10-15H2,2-5H3/t24-/m1/s1. The molecule has 0 N–H and O–H groups in total. The lowest BCUT2D eigenvalue weighted by atomic mass is 9.92. The summed E-state index contributed by atoms with van der Waals surface area (Å²) in [5.41, 5.74) is 2.26. The molecule has 202 valence electrons. The summed E-state index contributed by atoms with van der Waals surface area (Å²) in [5, 5.41) is 2.55. The molecule has 11 heteroatoms. The Morgan fingerprint density at radius 1 is 1.13 bits per heavy atom. The minimum atomic E-state index is -0.659. The number of fused-ring (bicyclic) bond motifs is 1. The molecule has 0 bridgehead atoms. The highest BCUT2D eigenvalue weighted by Crippen LogP contribution is 2.48. The van der Waals surface area contributed by atoms with E-state index in [1.807, 2.05) is 22.4 Å². The summed E-state index contributed by atoms with van der Waals surface area (Å²) in [4.78, 5) is 48.5. The number of hydrogen-bond acceptors (Lipinski definition) is 9. The van der Waals surface area contributed by atoms with Crippen molar-refractivity contribution in [2.45, 2.75) is 26.3 Å². The van der Waals surface area contributed by atoms with Crippen LogP contribution in [-0.4, -0.2) is 84.7 Å². The van der Waals surface area contributed by atoms with Crippen LogP contribution in [0.3, 0.4) is 0 Å². The molecule has 1 atom stereocenters. The predicted molar refractivity (Wildman–Crippen MR) is 145 cm³/mol. The van der Waals surface area contributed by atoms with Crippen LogP contribution < -0.4 is 9.47 Å². The van der Waals surface area contributed by atoms with Gasteiger partial charge in [0.15, 0.2) is 16.7 Å². The van der Waals surface area contributed by atoms with Crippen molar-refractivity contribution in [1.82, 2.24) is 14.7 Å². The minimum Gasteiger partial charge on any atom is -0.493 e. The van der Waals surface area contributed by atoms with Crippen molar-refractivity contribution in [3.8, 4) is 11.5 Å². The maximum Gasteiger partial charge on any atom is 0.338 e. The van der Waals surface area contributed by atoms with Gasteiger partial charge in [-0.25, -0.2) is 9.79 Å². The van der Waals surface area contributed by atoms with Gasteiger partial charge in [0.1, 0.15) is 6.61 Å². The minimum absolute atomic E-state index is 0.00859. The molecule has 1 saturated heterocycles. The van der Waals surface area contributed by atoms with E-state index < -0.39 is 12.0 Å². The average molecular weight is 541 g/mol. The quantitative estimate of drug-likeness (QED) is 0.366. The van der Waals surface area contributed by atoms with Crippen LogP contribution in [-0.2, 0) is 19.1 Å². The first-order valence-electron chi connectivity index (χ1n) is 12.3. The number of carbonyl (C=O) groups is 3. The van der Waals surface area contributed by atoms with E-state index in [-0.39, 0.29) is 24.8 Å². The molecule has 0 aromatic heterocycles. The molecule has 3 aliphatic heterocycles. The van der Waals surface area contributed by atoms with Gasteiger partial charge < -0.3 is 28.9 Å². The summed E-state index contributed by atoms with van der Waals surface area (Å²) in [6, 6.07) is 4.82. The zero-order valence-corrected chi connectivity index (χ0v) is 22.9. The van der Waals surface area contributed by atoms with E-state index in [0.29, 0.717) is 65.4 Å². The van der Waals surface area contributed by atoms with Crippen molar-refractivity contribution in [3.05, 3.63) is 58.8 Å². The topological polar surface area (TPSA) is 101 Å². The molecule has 3 aliphatic rings. The van der Waals surface area contributed by atoms with Gasteiger partial charge in [0, 0.05) is 44.4 Å². The highest BCUT2D eigenvalue weighted by Gasteiger charge is 2.43. The number of ether oxygens (including phenoxy) is 3. The van der Waals surface area contributed by atoms with Crippen LogP contribution in [0.5, 0.6) is 11.5 Å². The van der Waals surface area contributed by atoms with Crippen LogP contribution >= 0.6 is 11.8 Å². The molecule has 0 aliphatic carbocycles. The number of allylic oxidation sites excluding steroid dienone is 1. The molecule has 1 aromatic rings. The Morgan fingerprint density at radius 3 is 2.47 bits per heavy atom. The summed E-state index contributed by atoms with van der Waals surface area (Å²) in [7, 11) is 3.10. The summed E-state index contributed by atoms with van der Waals surface area (Å²) < 4.78 is 16.7. The van der Waals surface area contributed by atoms with Crippen LogP contribution in [0.1, 0.15) is 31.9 Å². The summed E-state index contributed by atoms with van der Waals surface area (Å²) in [6.45, 7) is 8.97. The fraction of sp³-hybridized carbons (Fsp3) is 0.407. The SMILES string of the molecule is C=CCOC(=O)C1=C(C)N=C2SC=C(CC(=O)N3CCN(C(C)=O)CC3)N2[C@@H]1c1cccc(OC)c1OC. The highest BCUT2D eigenvalue weighted by molar-refractivity contribution is 8.16. The van der Waals surface area contributed by atoms with E-state index in [9.17, 15) is 14.4 Å². The summed E-state index contributed by atoms with van der Waals surface area (Å²) in [5.74, 6) is 0.422. The van der Waals surface area contributed by atoms with E-state index in [1.165, 1.54) is 24.8 Å². The molecule has 2 amide bonds. The number of thioether (sulfide) groups is 1. The van der Waals surface area contributed by atoms with E-state index >= 15 is 0 Å². The molecule has 1 fully saturated rings. The van der Waals surface area contributed by atoms with Gasteiger partial charge in [0.25, 0.3) is 0 Å². The van der Waals surface area contributed by atoms with Gasteiger partial charge >= 0.3 is 5.97 Å². The van der Waals surface area contributed by atoms with Crippen molar-refractivity contribution < 1.29 is 28.6 Å². The van der Waals surface area contributed by atoms with Gasteiger partial charge in [-0.05, 0) is 18.4 Å². The Kier molecular flexibility index (Phi) is 8.45. The molecule has 0 unspecified atom stereocenters. The molecule has 1 aromatic carbocycles. The second-order valence-corrected chi connectivity index (χ2v) is 9.76. The number of rotatable bonds is 8. The number of aliphatic imine (C=N–C) groups is 1. The number of esters is 1. The smallest absolute Gasteiger partial charge is 0.338 e. The van der Waals surface area contributed by atoms with Crippen molar-refractivity contribution in [2.75, 3.05) is 47.0 Å². The third-order valence-corrected chi connectivity index (χ3v) is 7.58. The fourth-order valence-corrected chi connectivity index (χ4v) is 5.77. The second-order valence-electron chi connectivity index (χ2n) is 8.93. The molecule has 0 radical (unpaired) electrons. The Labute approximate surface area is 226 Å². The molecule has 3 heterocycles. The maximum atomic E-state index is 13.3. The van der Waals surface area contributed by atoms with Gasteiger partial charge in [-0.15, -0.1) is 0 Å². The van der Waals surface area contributed by atoms with Crippen molar-refractivity contribution in [1.29, 1.82) is 0 Å². The summed E-state index contributed by atoms with van der Waals surface area (Å²) >= 11 is 1.40. The summed E-state index contributed by atoms with van der Waals surface area (Å²) in [6.07, 6.45) is 1.62. The maximum absolute atomic E-state index is 13.3. The third kappa shape index (κ3) is 5.28. The zero-order chi connectivity index (χ0) is 27.4. The predicted octanol–water partition coefficient (Wildman–Crippen LogP) is 3.09. The molecule has 10 nitrogen and oxygen atoms in total. The molecular formula is C27H32N4O6S. The number of methoxy groups -OCH3 is 2. The van der Waals surface area contributed by atoms with Gasteiger partial charge in [0.05, 0.1) is 38.0 Å². The van der Waals surface area contributed by atoms with E-state index in [2.05, 4.69) is 6.58 Å². The molecule has 0 spiro atoms. The lowest BCUT2D eigenvalue weighted by Gasteiger charge is -2.38. The Hall–Kier alpha value is -3.73. The zero-order valence-electron chi connectivity index (χ0n) is 22.1. The van der Waals surface area contributed by atoms with Crippen LogP contribution in [0.2, 0.25) is 0 Å². The number of piperazine rings is 1. The Morgan fingerprint density at radius 2 is 1.84 bits per heavy atom. The van der Waals surface area contributed by atoms with Crippen LogP contribution in [0.25, 0.3) is 0 Å². The number of benzene rings is 1. The fourth-order valence-electron chi connectivity index (χ4n) is 4.80. The average Bonchev–Trinajstić information content (AvgIpc) is 3.31. The van der Waals surface area contributed by atoms with Crippen LogP contribution in [0.15, 0.2) is 58.2 Å². The van der Waals surface area contributed by atoms with Gasteiger partial charge in [-0.1, -0.05) is 36.5 Å². The number of para-hydroxylation sites is 1. The molecular weight excluding hydrogens is 508 g/mol. The van der Waals surface area contributed by atoms with E-state index in [4.69, 9.17) is 19.2 Å². The lowest BCUT2D eigenvalue weighted by Crippen LogP contribution is -2.50. The highest BCUT2D eigenvalue weighted by atomic mass is 32.2. The normalized spacial score (nSPS) is 18.9. The van der Waals surface area contributed by atoms with E-state index in [1.54, 1.807) is 37.0 Å². The molecule has 38 heavy (non-hydrogen) atoms. The van der Waals surface area contributed by atoms with Crippen molar-refractivity contribution >= 4 is 34.7 Å². The molecule has 0 saturated carbocycles. The first-order valence-corrected chi connectivity index (χ1v) is 13.1. The largest absolute Gasteiger partial charge is 0.493 e. The second kappa shape index (κ2) is 11.8. The van der Waals surface area contributed by atoms with Crippen LogP contribution in [0.4, 0.5) is 0 Å². The van der Waals surface area contributed by atoms with E-state index in [0.717, 1.165) is 0 Å². The van der Waals surface area contributed by atoms with Gasteiger partial charge in [-0.2, -0.15) is 0 Å². The van der Waals surface area contributed by atoms with Crippen LogP contribution in [0, 0.1) is 0 Å². The lowest BCUT2D eigenvalue weighted by molar-refractivity contribution is -0.138. The number of nitrogens with zero attached hydrogens (tertiary/aromatic N) is 4. The molecule has 4 rings (SSSR count). The Balaban J connectivity index is 1.69. The monoisotopic (exact) mass is 540 g/mol. The third-order valence-electron chi connectivity index (χ3n) is 6.69. The van der Waals surface area contributed by atoms with Crippen molar-refractivity contribution in [3.63, 3.8) is 0 Å². The first kappa shape index (κ1) is 27.3. The first-order chi connectivity index (χ1) is 18.3. The Bertz CT molecular complexity index is 1230. The van der Waals surface area contributed by atoms with Gasteiger partial charge in [0.2, 0.25) is 11.8 Å². The van der Waals surface area contributed by atoms with Gasteiger partial charge in [-0.3, -0.25) is 9.59 Å². The van der Waals surface area contributed by atoms with Crippen molar-refractivity contribution in [2.24, 2.45) is 4.99 Å². The number of amidine groups is 1.